The van der Waals surface area contributed by atoms with Crippen LogP contribution in [0.25, 0.3) is 10.4 Å². The Morgan fingerprint density at radius 2 is 2.06 bits per heavy atom. The summed E-state index contributed by atoms with van der Waals surface area (Å²) in [5.74, 6) is 0.417. The number of aromatic amines is 1. The van der Waals surface area contributed by atoms with Gasteiger partial charge in [-0.25, -0.2) is 13.4 Å². The van der Waals surface area contributed by atoms with Crippen LogP contribution < -0.4 is 5.32 Å². The summed E-state index contributed by atoms with van der Waals surface area (Å²) < 4.78 is 23.4. The van der Waals surface area contributed by atoms with Gasteiger partial charge in [-0.1, -0.05) is 32.6 Å². The van der Waals surface area contributed by atoms with Gasteiger partial charge in [0.15, 0.2) is 9.84 Å². The molecule has 0 spiro atoms. The van der Waals surface area contributed by atoms with Crippen molar-refractivity contribution in [1.29, 1.82) is 0 Å². The van der Waals surface area contributed by atoms with Crippen LogP contribution in [-0.4, -0.2) is 60.3 Å². The van der Waals surface area contributed by atoms with Gasteiger partial charge in [0.25, 0.3) is 5.82 Å². The van der Waals surface area contributed by atoms with Crippen LogP contribution in [-0.2, 0) is 16.3 Å². The van der Waals surface area contributed by atoms with Crippen LogP contribution in [0.2, 0.25) is 0 Å². The van der Waals surface area contributed by atoms with Crippen LogP contribution in [0.1, 0.15) is 54.9 Å². The Balaban J connectivity index is 1.54. The van der Waals surface area contributed by atoms with Crippen molar-refractivity contribution in [3.8, 4) is 0 Å². The number of hydrogen-bond donors (Lipinski definition) is 2. The summed E-state index contributed by atoms with van der Waals surface area (Å²) in [6, 6.07) is 6.09. The second-order valence-corrected chi connectivity index (χ2v) is 12.2. The molecule has 1 amide bonds. The van der Waals surface area contributed by atoms with Crippen molar-refractivity contribution in [3.63, 3.8) is 0 Å². The number of rotatable bonds is 6. The minimum Gasteiger partial charge on any atom is -0.363 e. The van der Waals surface area contributed by atoms with Crippen LogP contribution in [0.4, 0.5) is 11.5 Å². The molecule has 0 bridgehead atoms. The zero-order valence-corrected chi connectivity index (χ0v) is 20.5. The number of nitrogens with zero attached hydrogens (tertiary/aromatic N) is 3. The number of sulfone groups is 1. The lowest BCUT2D eigenvalue weighted by molar-refractivity contribution is 0.101. The Morgan fingerprint density at radius 3 is 2.71 bits per heavy atom. The minimum atomic E-state index is -2.88. The fraction of sp³-hybridized carbons (Fsp3) is 0.480. The summed E-state index contributed by atoms with van der Waals surface area (Å²) in [6.45, 7) is 13.6. The van der Waals surface area contributed by atoms with Gasteiger partial charge >= 0.3 is 5.91 Å². The molecule has 0 unspecified atom stereocenters. The maximum atomic E-state index is 12.8. The minimum absolute atomic E-state index is 0.111. The van der Waals surface area contributed by atoms with E-state index >= 15 is 0 Å². The topological polar surface area (TPSA) is 99.5 Å². The van der Waals surface area contributed by atoms with Gasteiger partial charge in [-0.2, -0.15) is 0 Å². The monoisotopic (exact) mass is 481 g/mol. The van der Waals surface area contributed by atoms with E-state index in [1.165, 1.54) is 11.8 Å². The third kappa shape index (κ3) is 5.93. The molecule has 2 aliphatic rings. The molecule has 4 rings (SSSR count). The lowest BCUT2D eigenvalue weighted by Gasteiger charge is -2.29. The summed E-state index contributed by atoms with van der Waals surface area (Å²) >= 11 is 0. The first-order valence-electron chi connectivity index (χ1n) is 11.6. The molecule has 2 N–H and O–H groups in total. The van der Waals surface area contributed by atoms with Gasteiger partial charge in [0, 0.05) is 30.9 Å². The number of amides is 1. The first-order valence-corrected chi connectivity index (χ1v) is 13.5. The van der Waals surface area contributed by atoms with Crippen LogP contribution in [0.3, 0.4) is 0 Å². The molecular weight excluding hydrogens is 450 g/mol. The lowest BCUT2D eigenvalue weighted by Crippen LogP contribution is -2.41. The van der Waals surface area contributed by atoms with Gasteiger partial charge in [-0.3, -0.25) is 9.78 Å². The average molecular weight is 482 g/mol. The van der Waals surface area contributed by atoms with Crippen molar-refractivity contribution in [3.05, 3.63) is 58.8 Å². The van der Waals surface area contributed by atoms with Crippen LogP contribution >= 0.6 is 0 Å². The normalized spacial score (nSPS) is 19.7. The highest BCUT2D eigenvalue weighted by molar-refractivity contribution is 7.91. The van der Waals surface area contributed by atoms with Crippen molar-refractivity contribution in [1.82, 2.24) is 14.9 Å². The molecule has 1 saturated heterocycles. The quantitative estimate of drug-likeness (QED) is 0.606. The molecule has 0 atom stereocenters. The van der Waals surface area contributed by atoms with Gasteiger partial charge in [0.1, 0.15) is 0 Å². The van der Waals surface area contributed by atoms with Gasteiger partial charge < -0.3 is 15.1 Å². The highest BCUT2D eigenvalue weighted by Crippen LogP contribution is 2.40. The van der Waals surface area contributed by atoms with Crippen molar-refractivity contribution in [2.45, 2.75) is 39.5 Å². The maximum absolute atomic E-state index is 12.8. The summed E-state index contributed by atoms with van der Waals surface area (Å²) in [5, 5.41) is 2.97. The van der Waals surface area contributed by atoms with E-state index in [9.17, 15) is 13.2 Å². The van der Waals surface area contributed by atoms with Gasteiger partial charge in [0.05, 0.1) is 17.7 Å². The number of anilines is 1. The van der Waals surface area contributed by atoms with Gasteiger partial charge in [-0.05, 0) is 54.4 Å². The second kappa shape index (κ2) is 9.72. The molecule has 1 aromatic heterocycles. The molecule has 8 nitrogen and oxygen atoms in total. The fourth-order valence-corrected chi connectivity index (χ4v) is 5.65. The molecule has 1 aliphatic heterocycles. The maximum Gasteiger partial charge on any atom is 0.314 e. The third-order valence-corrected chi connectivity index (χ3v) is 8.31. The second-order valence-electron chi connectivity index (χ2n) is 9.90. The fourth-order valence-electron chi connectivity index (χ4n) is 4.37. The number of allylic oxidation sites excluding steroid dienone is 2. The predicted octanol–water partition coefficient (Wildman–Crippen LogP) is 4.08. The van der Waals surface area contributed by atoms with Crippen molar-refractivity contribution in [2.24, 2.45) is 5.41 Å². The zero-order chi connectivity index (χ0) is 24.3. The molecular formula is C25H31N5O3S. The van der Waals surface area contributed by atoms with E-state index in [1.54, 1.807) is 0 Å². The molecule has 34 heavy (non-hydrogen) atoms. The van der Waals surface area contributed by atoms with Crippen molar-refractivity contribution in [2.75, 3.05) is 36.5 Å². The van der Waals surface area contributed by atoms with E-state index in [2.05, 4.69) is 51.0 Å². The lowest BCUT2D eigenvalue weighted by atomic mass is 9.76. The highest BCUT2D eigenvalue weighted by atomic mass is 32.2. The first kappa shape index (κ1) is 24.2. The number of carbonyl (C=O) groups is 1. The number of benzene rings is 1. The molecule has 1 aliphatic carbocycles. The largest absolute Gasteiger partial charge is 0.363 e. The molecule has 2 heterocycles. The molecule has 180 valence electrons. The van der Waals surface area contributed by atoms with E-state index in [1.807, 2.05) is 12.1 Å². The summed E-state index contributed by atoms with van der Waals surface area (Å²) in [6.07, 6.45) is 7.43. The smallest absolute Gasteiger partial charge is 0.314 e. The molecule has 0 radical (unpaired) electrons. The average Bonchev–Trinajstić information content (AvgIpc) is 3.29. The number of nitrogens with one attached hydrogen (secondary N) is 2. The number of hydrogen-bond acceptors (Lipinski definition) is 5. The molecule has 1 aromatic carbocycles. The first-order chi connectivity index (χ1) is 16.1. The molecule has 9 heteroatoms. The SMILES string of the molecule is [C-]#[N+]c1cnc(C(=O)Nc2ccc(CCN3CCS(=O)(=O)CC3)cc2C2=CCC(C)(C)CC2)[nH]1. The Morgan fingerprint density at radius 1 is 1.29 bits per heavy atom. The number of imidazole rings is 1. The molecule has 0 saturated carbocycles. The van der Waals surface area contributed by atoms with Gasteiger partial charge in [-0.15, -0.1) is 0 Å². The standard InChI is InChI=1S/C25H31N5O3S/c1-25(2)9-6-19(7-10-25)20-16-18(8-11-30-12-14-34(32,33)15-13-30)4-5-21(20)28-24(31)23-27-17-22(26-3)29-23/h4-6,16-17H,7-15H2,1-2H3,(H,27,29)(H,28,31). The number of carbonyl (C=O) groups excluding carboxylic acids is 1. The highest BCUT2D eigenvalue weighted by Gasteiger charge is 2.25. The number of aromatic nitrogens is 2. The molecule has 2 aromatic rings. The Bertz CT molecular complexity index is 1240. The predicted molar refractivity (Wildman–Crippen MR) is 134 cm³/mol. The number of H-pyrrole nitrogens is 1. The summed E-state index contributed by atoms with van der Waals surface area (Å²) in [4.78, 5) is 25.0. The zero-order valence-electron chi connectivity index (χ0n) is 19.7. The van der Waals surface area contributed by atoms with E-state index in [0.29, 0.717) is 13.1 Å². The Kier molecular flexibility index (Phi) is 6.91. The van der Waals surface area contributed by atoms with E-state index in [-0.39, 0.29) is 34.5 Å². The van der Waals surface area contributed by atoms with Crippen LogP contribution in [0, 0.1) is 12.0 Å². The summed E-state index contributed by atoms with van der Waals surface area (Å²) in [7, 11) is -2.88. The summed E-state index contributed by atoms with van der Waals surface area (Å²) in [5.41, 5.74) is 4.38. The van der Waals surface area contributed by atoms with Crippen LogP contribution in [0.15, 0.2) is 30.5 Å². The third-order valence-electron chi connectivity index (χ3n) is 6.70. The van der Waals surface area contributed by atoms with E-state index < -0.39 is 9.84 Å². The Labute approximate surface area is 201 Å². The molecule has 1 fully saturated rings. The van der Waals surface area contributed by atoms with Crippen molar-refractivity contribution < 1.29 is 13.2 Å². The van der Waals surface area contributed by atoms with Crippen molar-refractivity contribution >= 4 is 32.8 Å². The van der Waals surface area contributed by atoms with E-state index in [4.69, 9.17) is 6.57 Å². The van der Waals surface area contributed by atoms with E-state index in [0.717, 1.165) is 49.0 Å². The van der Waals surface area contributed by atoms with Gasteiger partial charge in [0.2, 0.25) is 5.82 Å². The van der Waals surface area contributed by atoms with Crippen LogP contribution in [0.5, 0.6) is 0 Å². The Hall–Kier alpha value is -2.96.